The van der Waals surface area contributed by atoms with Crippen molar-refractivity contribution in [2.75, 3.05) is 13.7 Å². The Morgan fingerprint density at radius 3 is 2.54 bits per heavy atom. The predicted octanol–water partition coefficient (Wildman–Crippen LogP) is 2.71. The van der Waals surface area contributed by atoms with E-state index in [0.29, 0.717) is 6.42 Å². The Morgan fingerprint density at radius 2 is 1.96 bits per heavy atom. The van der Waals surface area contributed by atoms with E-state index in [1.54, 1.807) is 6.20 Å². The maximum Gasteiger partial charge on any atom is 0.418 e. The number of methoxy groups -OCH3 is 1. The van der Waals surface area contributed by atoms with Gasteiger partial charge in [0.05, 0.1) is 18.5 Å². The van der Waals surface area contributed by atoms with Crippen LogP contribution in [-0.4, -0.2) is 35.9 Å². The number of aromatic nitrogens is 1. The zero-order chi connectivity index (χ0) is 17.9. The van der Waals surface area contributed by atoms with Gasteiger partial charge in [0.15, 0.2) is 0 Å². The van der Waals surface area contributed by atoms with E-state index in [2.05, 4.69) is 0 Å². The van der Waals surface area contributed by atoms with Crippen LogP contribution in [0.15, 0.2) is 30.5 Å². The van der Waals surface area contributed by atoms with Gasteiger partial charge < -0.3 is 15.2 Å². The molecule has 0 fully saturated rings. The van der Waals surface area contributed by atoms with Gasteiger partial charge in [0.25, 0.3) is 0 Å². The van der Waals surface area contributed by atoms with Crippen molar-refractivity contribution in [1.29, 1.82) is 0 Å². The molecule has 0 aliphatic rings. The highest BCUT2D eigenvalue weighted by molar-refractivity contribution is 5.90. The molecule has 0 amide bonds. The van der Waals surface area contributed by atoms with E-state index in [4.69, 9.17) is 15.2 Å². The summed E-state index contributed by atoms with van der Waals surface area (Å²) >= 11 is 0. The van der Waals surface area contributed by atoms with Gasteiger partial charge in [-0.05, 0) is 51.0 Å². The fourth-order valence-corrected chi connectivity index (χ4v) is 2.50. The molecule has 1 aromatic carbocycles. The van der Waals surface area contributed by atoms with Crippen molar-refractivity contribution in [3.63, 3.8) is 0 Å². The maximum absolute atomic E-state index is 12.2. The van der Waals surface area contributed by atoms with Crippen molar-refractivity contribution in [2.24, 2.45) is 11.7 Å². The number of esters is 1. The molecule has 1 heterocycles. The van der Waals surface area contributed by atoms with Gasteiger partial charge >= 0.3 is 12.1 Å². The first-order valence-electron chi connectivity index (χ1n) is 7.86. The van der Waals surface area contributed by atoms with E-state index in [1.165, 1.54) is 11.7 Å². The summed E-state index contributed by atoms with van der Waals surface area (Å²) in [5.41, 5.74) is 6.82. The zero-order valence-electron chi connectivity index (χ0n) is 14.5. The van der Waals surface area contributed by atoms with E-state index >= 15 is 0 Å². The monoisotopic (exact) mass is 332 g/mol. The van der Waals surface area contributed by atoms with Crippen LogP contribution in [0.1, 0.15) is 26.3 Å². The van der Waals surface area contributed by atoms with Crippen molar-refractivity contribution in [3.05, 3.63) is 36.0 Å². The number of benzene rings is 1. The molecule has 24 heavy (non-hydrogen) atoms. The number of fused-ring (bicyclic) bond motifs is 1. The zero-order valence-corrected chi connectivity index (χ0v) is 14.5. The summed E-state index contributed by atoms with van der Waals surface area (Å²) in [4.78, 5) is 23.9. The highest BCUT2D eigenvalue weighted by Gasteiger charge is 2.20. The van der Waals surface area contributed by atoms with Crippen LogP contribution in [-0.2, 0) is 20.7 Å². The lowest BCUT2D eigenvalue weighted by atomic mass is 9.98. The number of ether oxygens (including phenoxy) is 2. The van der Waals surface area contributed by atoms with Crippen molar-refractivity contribution < 1.29 is 19.1 Å². The van der Waals surface area contributed by atoms with Gasteiger partial charge in [-0.15, -0.1) is 0 Å². The minimum atomic E-state index is -0.553. The molecule has 0 bridgehead atoms. The number of nitrogens with two attached hydrogens (primary N) is 1. The summed E-state index contributed by atoms with van der Waals surface area (Å²) in [7, 11) is 1.36. The minimum Gasteiger partial charge on any atom is -0.469 e. The second-order valence-corrected chi connectivity index (χ2v) is 6.72. The lowest BCUT2D eigenvalue weighted by molar-refractivity contribution is -0.145. The molecule has 0 saturated heterocycles. The molecule has 2 N–H and O–H groups in total. The van der Waals surface area contributed by atoms with Crippen molar-refractivity contribution in [2.45, 2.75) is 32.8 Å². The number of hydrogen-bond donors (Lipinski definition) is 1. The second kappa shape index (κ2) is 7.05. The molecule has 130 valence electrons. The molecule has 6 nitrogen and oxygen atoms in total. The van der Waals surface area contributed by atoms with Gasteiger partial charge in [-0.1, -0.05) is 6.07 Å². The van der Waals surface area contributed by atoms with Crippen LogP contribution in [0, 0.1) is 5.92 Å². The summed E-state index contributed by atoms with van der Waals surface area (Å²) in [6, 6.07) is 7.52. The van der Waals surface area contributed by atoms with Gasteiger partial charge in [0.1, 0.15) is 5.60 Å². The third-order valence-electron chi connectivity index (χ3n) is 3.65. The first-order chi connectivity index (χ1) is 11.2. The van der Waals surface area contributed by atoms with Gasteiger partial charge in [0.2, 0.25) is 0 Å². The van der Waals surface area contributed by atoms with Gasteiger partial charge in [-0.25, -0.2) is 4.79 Å². The van der Waals surface area contributed by atoms with Crippen LogP contribution in [0.25, 0.3) is 10.9 Å². The highest BCUT2D eigenvalue weighted by Crippen LogP contribution is 2.21. The molecule has 1 unspecified atom stereocenters. The SMILES string of the molecule is COC(=O)C(CN)Cc1ccc2c(ccn2C(=O)OC(C)(C)C)c1. The Balaban J connectivity index is 2.24. The standard InChI is InChI=1S/C18H24N2O4/c1-18(2,3)24-17(22)20-8-7-13-9-12(5-6-15(13)20)10-14(11-19)16(21)23-4/h5-9,14H,10-11,19H2,1-4H3. The van der Waals surface area contributed by atoms with Crippen molar-refractivity contribution >= 4 is 23.0 Å². The first-order valence-corrected chi connectivity index (χ1v) is 7.86. The minimum absolute atomic E-state index is 0.226. The van der Waals surface area contributed by atoms with Crippen LogP contribution < -0.4 is 5.73 Å². The smallest absolute Gasteiger partial charge is 0.418 e. The molecule has 6 heteroatoms. The molecule has 0 saturated carbocycles. The van der Waals surface area contributed by atoms with Crippen LogP contribution in [0.4, 0.5) is 4.79 Å². The number of hydrogen-bond acceptors (Lipinski definition) is 5. The molecule has 2 aromatic rings. The van der Waals surface area contributed by atoms with Crippen molar-refractivity contribution in [3.8, 4) is 0 Å². The molecule has 2 rings (SSSR count). The molecule has 0 radical (unpaired) electrons. The quantitative estimate of drug-likeness (QED) is 0.870. The Hall–Kier alpha value is -2.34. The summed E-state index contributed by atoms with van der Waals surface area (Å²) < 4.78 is 11.6. The number of rotatable bonds is 4. The van der Waals surface area contributed by atoms with Gasteiger partial charge in [-0.2, -0.15) is 0 Å². The second-order valence-electron chi connectivity index (χ2n) is 6.72. The van der Waals surface area contributed by atoms with E-state index in [0.717, 1.165) is 16.5 Å². The topological polar surface area (TPSA) is 83.5 Å². The first kappa shape index (κ1) is 18.0. The van der Waals surface area contributed by atoms with E-state index in [9.17, 15) is 9.59 Å². The van der Waals surface area contributed by atoms with Crippen LogP contribution >= 0.6 is 0 Å². The molecule has 1 aromatic heterocycles. The normalized spacial score (nSPS) is 12.9. The number of carbonyl (C=O) groups is 2. The molecular weight excluding hydrogens is 308 g/mol. The number of nitrogens with zero attached hydrogens (tertiary/aromatic N) is 1. The third kappa shape index (κ3) is 4.14. The summed E-state index contributed by atoms with van der Waals surface area (Å²) in [5, 5.41) is 0.902. The predicted molar refractivity (Wildman–Crippen MR) is 91.8 cm³/mol. The van der Waals surface area contributed by atoms with E-state index in [-0.39, 0.29) is 18.4 Å². The lowest BCUT2D eigenvalue weighted by Gasteiger charge is -2.19. The van der Waals surface area contributed by atoms with Crippen LogP contribution in [0.2, 0.25) is 0 Å². The average molecular weight is 332 g/mol. The lowest BCUT2D eigenvalue weighted by Crippen LogP contribution is -2.27. The Morgan fingerprint density at radius 1 is 1.25 bits per heavy atom. The van der Waals surface area contributed by atoms with Gasteiger partial charge in [0, 0.05) is 18.1 Å². The van der Waals surface area contributed by atoms with Crippen molar-refractivity contribution in [1.82, 2.24) is 4.57 Å². The Labute approximate surface area is 141 Å². The highest BCUT2D eigenvalue weighted by atomic mass is 16.6. The molecule has 1 atom stereocenters. The van der Waals surface area contributed by atoms with E-state index in [1.807, 2.05) is 45.0 Å². The third-order valence-corrected chi connectivity index (χ3v) is 3.65. The molecule has 0 spiro atoms. The Kier molecular flexibility index (Phi) is 5.29. The summed E-state index contributed by atoms with van der Waals surface area (Å²) in [6.45, 7) is 5.71. The molecule has 0 aliphatic carbocycles. The molecule has 0 aliphatic heterocycles. The largest absolute Gasteiger partial charge is 0.469 e. The maximum atomic E-state index is 12.2. The molecular formula is C18H24N2O4. The fraction of sp³-hybridized carbons (Fsp3) is 0.444. The van der Waals surface area contributed by atoms with Gasteiger partial charge in [-0.3, -0.25) is 9.36 Å². The van der Waals surface area contributed by atoms with E-state index < -0.39 is 11.7 Å². The average Bonchev–Trinajstić information content (AvgIpc) is 2.93. The fourth-order valence-electron chi connectivity index (χ4n) is 2.50. The number of carbonyl (C=O) groups excluding carboxylic acids is 2. The Bertz CT molecular complexity index is 743. The summed E-state index contributed by atoms with van der Waals surface area (Å²) in [5.74, 6) is -0.690. The summed E-state index contributed by atoms with van der Waals surface area (Å²) in [6.07, 6.45) is 1.76. The van der Waals surface area contributed by atoms with Crippen LogP contribution in [0.5, 0.6) is 0 Å². The van der Waals surface area contributed by atoms with Crippen LogP contribution in [0.3, 0.4) is 0 Å².